The van der Waals surface area contributed by atoms with Crippen LogP contribution in [0.4, 0.5) is 0 Å². The summed E-state index contributed by atoms with van der Waals surface area (Å²) in [5.74, 6) is 9.64. The number of rotatable bonds is 3. The molecule has 6 fully saturated rings. The van der Waals surface area contributed by atoms with Gasteiger partial charge in [-0.25, -0.2) is 0 Å². The van der Waals surface area contributed by atoms with Gasteiger partial charge in [-0.05, 0) is 134 Å². The first-order valence-corrected chi connectivity index (χ1v) is 12.9. The Morgan fingerprint density at radius 3 is 1.46 bits per heavy atom. The molecule has 0 aromatic heterocycles. The number of allylic oxidation sites excluding steroid dienone is 5. The van der Waals surface area contributed by atoms with Gasteiger partial charge in [-0.3, -0.25) is 0 Å². The molecule has 28 heavy (non-hydrogen) atoms. The van der Waals surface area contributed by atoms with Gasteiger partial charge in [0.2, 0.25) is 0 Å². The number of hydrogen-bond acceptors (Lipinski definition) is 0. The lowest BCUT2D eigenvalue weighted by molar-refractivity contribution is 0.285. The van der Waals surface area contributed by atoms with Crippen molar-refractivity contribution in [2.24, 2.45) is 59.2 Å². The summed E-state index contributed by atoms with van der Waals surface area (Å²) < 4.78 is 0. The molecule has 0 N–H and O–H groups in total. The Kier molecular flexibility index (Phi) is 3.70. The molecule has 9 unspecified atom stereocenters. The molecule has 0 amide bonds. The molecule has 0 aromatic rings. The third-order valence-electron chi connectivity index (χ3n) is 11.0. The first-order valence-electron chi connectivity index (χ1n) is 12.9. The first kappa shape index (κ1) is 17.0. The van der Waals surface area contributed by atoms with Gasteiger partial charge in [0, 0.05) is 0 Å². The predicted molar refractivity (Wildman–Crippen MR) is 116 cm³/mol. The Labute approximate surface area is 171 Å². The van der Waals surface area contributed by atoms with Crippen LogP contribution in [0, 0.1) is 59.2 Å². The molecule has 0 radical (unpaired) electrons. The molecule has 9 atom stereocenters. The van der Waals surface area contributed by atoms with Crippen molar-refractivity contribution in [1.29, 1.82) is 0 Å². The predicted octanol–water partition coefficient (Wildman–Crippen LogP) is 7.33. The van der Waals surface area contributed by atoms with E-state index in [1.54, 1.807) is 17.6 Å². The maximum absolute atomic E-state index is 4.81. The zero-order chi connectivity index (χ0) is 18.4. The molecular formula is C28H38. The van der Waals surface area contributed by atoms with Gasteiger partial charge in [0.25, 0.3) is 0 Å². The summed E-state index contributed by atoms with van der Waals surface area (Å²) >= 11 is 0. The van der Waals surface area contributed by atoms with Crippen molar-refractivity contribution in [2.45, 2.75) is 77.0 Å². The SMILES string of the molecule is C=C1C(C2CC3CCC2C3)=CC(C2CC3CCC2C3)C=C1C1CC2CCC1C2. The molecule has 0 nitrogen and oxygen atoms in total. The summed E-state index contributed by atoms with van der Waals surface area (Å²) in [5, 5.41) is 0. The number of fused-ring (bicyclic) bond motifs is 6. The maximum Gasteiger partial charge on any atom is -0.00102 e. The zero-order valence-corrected chi connectivity index (χ0v) is 17.6. The van der Waals surface area contributed by atoms with Gasteiger partial charge < -0.3 is 0 Å². The lowest BCUT2D eigenvalue weighted by atomic mass is 9.67. The average molecular weight is 375 g/mol. The highest BCUT2D eigenvalue weighted by atomic mass is 14.5. The van der Waals surface area contributed by atoms with Gasteiger partial charge >= 0.3 is 0 Å². The van der Waals surface area contributed by atoms with Crippen LogP contribution in [0.2, 0.25) is 0 Å². The van der Waals surface area contributed by atoms with E-state index in [2.05, 4.69) is 12.2 Å². The Hall–Kier alpha value is -0.780. The summed E-state index contributed by atoms with van der Waals surface area (Å²) in [7, 11) is 0. The van der Waals surface area contributed by atoms with E-state index < -0.39 is 0 Å². The van der Waals surface area contributed by atoms with Crippen LogP contribution >= 0.6 is 0 Å². The first-order chi connectivity index (χ1) is 13.7. The van der Waals surface area contributed by atoms with Gasteiger partial charge in [0.1, 0.15) is 0 Å². The summed E-state index contributed by atoms with van der Waals surface area (Å²) in [6, 6.07) is 0. The summed E-state index contributed by atoms with van der Waals surface area (Å²) in [4.78, 5) is 0. The minimum absolute atomic E-state index is 0.754. The Morgan fingerprint density at radius 2 is 1.07 bits per heavy atom. The molecule has 7 aliphatic rings. The van der Waals surface area contributed by atoms with E-state index in [-0.39, 0.29) is 0 Å². The van der Waals surface area contributed by atoms with Crippen molar-refractivity contribution in [3.05, 3.63) is 35.5 Å². The third-order valence-corrected chi connectivity index (χ3v) is 11.0. The minimum Gasteiger partial charge on any atom is -0.0912 e. The van der Waals surface area contributed by atoms with Crippen LogP contribution < -0.4 is 0 Å². The van der Waals surface area contributed by atoms with Crippen LogP contribution in [0.5, 0.6) is 0 Å². The van der Waals surface area contributed by atoms with Crippen molar-refractivity contribution >= 4 is 0 Å². The van der Waals surface area contributed by atoms with Crippen LogP contribution in [-0.2, 0) is 0 Å². The largest absolute Gasteiger partial charge is 0.0912 e. The fraction of sp³-hybridized carbons (Fsp3) is 0.786. The highest BCUT2D eigenvalue weighted by molar-refractivity contribution is 5.52. The fourth-order valence-corrected chi connectivity index (χ4v) is 9.79. The van der Waals surface area contributed by atoms with Crippen molar-refractivity contribution in [2.75, 3.05) is 0 Å². The van der Waals surface area contributed by atoms with E-state index >= 15 is 0 Å². The van der Waals surface area contributed by atoms with Crippen molar-refractivity contribution in [3.8, 4) is 0 Å². The van der Waals surface area contributed by atoms with E-state index in [1.165, 1.54) is 76.2 Å². The maximum atomic E-state index is 4.81. The Bertz CT molecular complexity index is 704. The van der Waals surface area contributed by atoms with Crippen LogP contribution in [-0.4, -0.2) is 0 Å². The molecule has 0 aliphatic heterocycles. The molecule has 6 saturated carbocycles. The van der Waals surface area contributed by atoms with E-state index in [1.807, 2.05) is 0 Å². The van der Waals surface area contributed by atoms with E-state index in [9.17, 15) is 0 Å². The quantitative estimate of drug-likeness (QED) is 0.485. The van der Waals surface area contributed by atoms with Crippen molar-refractivity contribution in [1.82, 2.24) is 0 Å². The molecule has 6 bridgehead atoms. The topological polar surface area (TPSA) is 0 Å². The highest BCUT2D eigenvalue weighted by Crippen LogP contribution is 2.59. The van der Waals surface area contributed by atoms with Crippen LogP contribution in [0.25, 0.3) is 0 Å². The summed E-state index contributed by atoms with van der Waals surface area (Å²) in [6.07, 6.45) is 23.8. The standard InChI is InChI=1S/C28H38/c1-16-24(27-12-18-3-6-21(27)9-18)14-23(26-11-17-2-5-20(26)8-17)15-25(16)28-13-19-4-7-22(28)10-19/h14-15,17-23,26-28H,1-13H2. The molecule has 7 rings (SSSR count). The molecule has 0 heterocycles. The lowest BCUT2D eigenvalue weighted by Crippen LogP contribution is -2.27. The van der Waals surface area contributed by atoms with Crippen LogP contribution in [0.3, 0.4) is 0 Å². The summed E-state index contributed by atoms with van der Waals surface area (Å²) in [6.45, 7) is 4.81. The molecule has 0 aromatic carbocycles. The Morgan fingerprint density at radius 1 is 0.571 bits per heavy atom. The van der Waals surface area contributed by atoms with Gasteiger partial charge in [-0.2, -0.15) is 0 Å². The molecular weight excluding hydrogens is 336 g/mol. The van der Waals surface area contributed by atoms with Gasteiger partial charge in [-0.15, -0.1) is 0 Å². The fourth-order valence-electron chi connectivity index (χ4n) is 9.79. The average Bonchev–Trinajstić information content (AvgIpc) is 3.55. The molecule has 150 valence electrons. The lowest BCUT2D eigenvalue weighted by Gasteiger charge is -2.38. The van der Waals surface area contributed by atoms with E-state index in [0.717, 1.165) is 59.2 Å². The Balaban J connectivity index is 1.25. The summed E-state index contributed by atoms with van der Waals surface area (Å²) in [5.41, 5.74) is 5.05. The van der Waals surface area contributed by atoms with E-state index in [4.69, 9.17) is 6.58 Å². The molecule has 0 heteroatoms. The number of hydrogen-bond donors (Lipinski definition) is 0. The highest BCUT2D eigenvalue weighted by Gasteiger charge is 2.48. The van der Waals surface area contributed by atoms with Crippen molar-refractivity contribution < 1.29 is 0 Å². The van der Waals surface area contributed by atoms with Crippen LogP contribution in [0.1, 0.15) is 77.0 Å². The second kappa shape index (κ2) is 6.12. The molecule has 0 spiro atoms. The van der Waals surface area contributed by atoms with Crippen molar-refractivity contribution in [3.63, 3.8) is 0 Å². The minimum atomic E-state index is 0.754. The second-order valence-electron chi connectivity index (χ2n) is 12.2. The van der Waals surface area contributed by atoms with E-state index in [0.29, 0.717) is 0 Å². The zero-order valence-electron chi connectivity index (χ0n) is 17.6. The van der Waals surface area contributed by atoms with Gasteiger partial charge in [0.15, 0.2) is 0 Å². The van der Waals surface area contributed by atoms with Gasteiger partial charge in [-0.1, -0.05) is 38.0 Å². The second-order valence-corrected chi connectivity index (χ2v) is 12.2. The normalized spacial score (nSPS) is 53.9. The van der Waals surface area contributed by atoms with Crippen LogP contribution in [0.15, 0.2) is 35.5 Å². The van der Waals surface area contributed by atoms with Gasteiger partial charge in [0.05, 0.1) is 0 Å². The molecule has 0 saturated heterocycles. The smallest absolute Gasteiger partial charge is 0.00102 e. The third kappa shape index (κ3) is 2.42. The molecule has 7 aliphatic carbocycles. The monoisotopic (exact) mass is 374 g/mol.